The average molecular weight is 397 g/mol. The zero-order chi connectivity index (χ0) is 18.7. The number of rotatable bonds is 5. The van der Waals surface area contributed by atoms with Crippen LogP contribution in [0.1, 0.15) is 19.8 Å². The Labute approximate surface area is 156 Å². The monoisotopic (exact) mass is 397 g/mol. The maximum atomic E-state index is 13.3. The fourth-order valence-corrected chi connectivity index (χ4v) is 4.75. The van der Waals surface area contributed by atoms with Gasteiger partial charge in [-0.15, -0.1) is 11.3 Å². The van der Waals surface area contributed by atoms with Gasteiger partial charge in [-0.3, -0.25) is 4.79 Å². The van der Waals surface area contributed by atoms with E-state index in [0.29, 0.717) is 42.3 Å². The lowest BCUT2D eigenvalue weighted by Crippen LogP contribution is -2.42. The first-order valence-corrected chi connectivity index (χ1v) is 10.9. The van der Waals surface area contributed by atoms with E-state index in [0.717, 1.165) is 0 Å². The quantitative estimate of drug-likeness (QED) is 0.841. The van der Waals surface area contributed by atoms with E-state index < -0.39 is 10.0 Å². The molecule has 1 N–H and O–H groups in total. The van der Waals surface area contributed by atoms with Crippen molar-refractivity contribution < 1.29 is 17.6 Å². The molecule has 0 aliphatic carbocycles. The second kappa shape index (κ2) is 7.81. The van der Waals surface area contributed by atoms with Crippen LogP contribution in [0, 0.1) is 11.7 Å². The van der Waals surface area contributed by atoms with Gasteiger partial charge >= 0.3 is 0 Å². The van der Waals surface area contributed by atoms with Crippen LogP contribution in [-0.4, -0.2) is 42.5 Å². The standard InChI is InChI=1S/C17H20FN3O3S2/c1-2-26(23,24)21-8-6-12(7-9-21)16(22)20-17-19-15(11-25-17)13-4-3-5-14(18)10-13/h3-5,10-12H,2,6-9H2,1H3,(H,19,20,22). The van der Waals surface area contributed by atoms with Crippen molar-refractivity contribution in [3.63, 3.8) is 0 Å². The normalized spacial score (nSPS) is 16.5. The number of thiazole rings is 1. The first-order chi connectivity index (χ1) is 12.4. The van der Waals surface area contributed by atoms with Crippen molar-refractivity contribution in [2.45, 2.75) is 19.8 Å². The summed E-state index contributed by atoms with van der Waals surface area (Å²) in [5.41, 5.74) is 1.26. The van der Waals surface area contributed by atoms with Crippen LogP contribution in [0.15, 0.2) is 29.6 Å². The molecule has 1 saturated heterocycles. The lowest BCUT2D eigenvalue weighted by molar-refractivity contribution is -0.120. The number of carbonyl (C=O) groups excluding carboxylic acids is 1. The predicted octanol–water partition coefficient (Wildman–Crippen LogP) is 2.95. The number of aromatic nitrogens is 1. The number of hydrogen-bond acceptors (Lipinski definition) is 5. The van der Waals surface area contributed by atoms with E-state index in [4.69, 9.17) is 0 Å². The summed E-state index contributed by atoms with van der Waals surface area (Å²) in [5, 5.41) is 5.01. The van der Waals surface area contributed by atoms with Gasteiger partial charge in [0.05, 0.1) is 11.4 Å². The van der Waals surface area contributed by atoms with Gasteiger partial charge in [0.1, 0.15) is 5.82 Å². The third kappa shape index (κ3) is 4.28. The summed E-state index contributed by atoms with van der Waals surface area (Å²) in [4.78, 5) is 16.8. The van der Waals surface area contributed by atoms with Crippen molar-refractivity contribution in [2.24, 2.45) is 5.92 Å². The molecule has 9 heteroatoms. The summed E-state index contributed by atoms with van der Waals surface area (Å²) >= 11 is 1.28. The topological polar surface area (TPSA) is 79.4 Å². The fourth-order valence-electron chi connectivity index (χ4n) is 2.90. The highest BCUT2D eigenvalue weighted by Crippen LogP contribution is 2.27. The summed E-state index contributed by atoms with van der Waals surface area (Å²) in [6, 6.07) is 6.13. The molecule has 0 saturated carbocycles. The lowest BCUT2D eigenvalue weighted by Gasteiger charge is -2.30. The van der Waals surface area contributed by atoms with Crippen LogP contribution in [0.4, 0.5) is 9.52 Å². The van der Waals surface area contributed by atoms with Crippen LogP contribution in [0.25, 0.3) is 11.3 Å². The molecule has 0 atom stereocenters. The molecule has 1 amide bonds. The van der Waals surface area contributed by atoms with Crippen molar-refractivity contribution >= 4 is 32.4 Å². The van der Waals surface area contributed by atoms with Gasteiger partial charge in [0.25, 0.3) is 0 Å². The Kier molecular flexibility index (Phi) is 5.69. The van der Waals surface area contributed by atoms with Gasteiger partial charge in [-0.05, 0) is 31.9 Å². The molecule has 2 aromatic rings. The van der Waals surface area contributed by atoms with Crippen LogP contribution in [0.2, 0.25) is 0 Å². The van der Waals surface area contributed by atoms with Gasteiger partial charge < -0.3 is 5.32 Å². The second-order valence-corrected chi connectivity index (χ2v) is 9.23. The van der Waals surface area contributed by atoms with Gasteiger partial charge in [-0.2, -0.15) is 0 Å². The Bertz CT molecular complexity index is 890. The Hall–Kier alpha value is -1.84. The van der Waals surface area contributed by atoms with Crippen molar-refractivity contribution in [2.75, 3.05) is 24.2 Å². The predicted molar refractivity (Wildman–Crippen MR) is 99.9 cm³/mol. The van der Waals surface area contributed by atoms with Crippen LogP contribution in [0.5, 0.6) is 0 Å². The summed E-state index contributed by atoms with van der Waals surface area (Å²) < 4.78 is 38.5. The summed E-state index contributed by atoms with van der Waals surface area (Å²) in [5.74, 6) is -0.653. The SMILES string of the molecule is CCS(=O)(=O)N1CCC(C(=O)Nc2nc(-c3cccc(F)c3)cs2)CC1. The first kappa shape index (κ1) is 18.9. The van der Waals surface area contributed by atoms with E-state index >= 15 is 0 Å². The highest BCUT2D eigenvalue weighted by Gasteiger charge is 2.30. The molecule has 6 nitrogen and oxygen atoms in total. The van der Waals surface area contributed by atoms with Gasteiger partial charge in [0.2, 0.25) is 15.9 Å². The molecular formula is C17H20FN3O3S2. The number of carbonyl (C=O) groups is 1. The number of nitrogens with one attached hydrogen (secondary N) is 1. The molecule has 1 aliphatic heterocycles. The van der Waals surface area contributed by atoms with Crippen molar-refractivity contribution in [1.29, 1.82) is 0 Å². The first-order valence-electron chi connectivity index (χ1n) is 8.39. The summed E-state index contributed by atoms with van der Waals surface area (Å²) in [6.45, 7) is 2.34. The number of hydrogen-bond donors (Lipinski definition) is 1. The number of sulfonamides is 1. The van der Waals surface area contributed by atoms with E-state index in [1.165, 1.54) is 27.8 Å². The van der Waals surface area contributed by atoms with Crippen molar-refractivity contribution in [3.8, 4) is 11.3 Å². The van der Waals surface area contributed by atoms with Crippen LogP contribution in [0.3, 0.4) is 0 Å². The zero-order valence-corrected chi connectivity index (χ0v) is 15.9. The van der Waals surface area contributed by atoms with Crippen LogP contribution >= 0.6 is 11.3 Å². The van der Waals surface area contributed by atoms with E-state index in [1.807, 2.05) is 0 Å². The maximum Gasteiger partial charge on any atom is 0.229 e. The number of anilines is 1. The molecule has 1 aromatic heterocycles. The molecule has 1 aliphatic rings. The molecule has 0 spiro atoms. The zero-order valence-electron chi connectivity index (χ0n) is 14.3. The Morgan fingerprint density at radius 1 is 1.38 bits per heavy atom. The van der Waals surface area contributed by atoms with Crippen LogP contribution in [-0.2, 0) is 14.8 Å². The van der Waals surface area contributed by atoms with E-state index in [9.17, 15) is 17.6 Å². The van der Waals surface area contributed by atoms with Gasteiger partial charge in [0.15, 0.2) is 5.13 Å². The van der Waals surface area contributed by atoms with Crippen molar-refractivity contribution in [3.05, 3.63) is 35.5 Å². The number of piperidine rings is 1. The van der Waals surface area contributed by atoms with E-state index in [-0.39, 0.29) is 23.4 Å². The largest absolute Gasteiger partial charge is 0.302 e. The van der Waals surface area contributed by atoms with Crippen molar-refractivity contribution in [1.82, 2.24) is 9.29 Å². The van der Waals surface area contributed by atoms with Gasteiger partial charge in [-0.1, -0.05) is 12.1 Å². The molecule has 3 rings (SSSR count). The molecule has 0 bridgehead atoms. The Morgan fingerprint density at radius 3 is 2.77 bits per heavy atom. The minimum Gasteiger partial charge on any atom is -0.302 e. The smallest absolute Gasteiger partial charge is 0.229 e. The molecule has 1 fully saturated rings. The number of nitrogens with zero attached hydrogens (tertiary/aromatic N) is 2. The molecule has 0 unspecified atom stereocenters. The second-order valence-electron chi connectivity index (χ2n) is 6.11. The molecule has 2 heterocycles. The fraction of sp³-hybridized carbons (Fsp3) is 0.412. The summed E-state index contributed by atoms with van der Waals surface area (Å²) in [6.07, 6.45) is 0.986. The number of amides is 1. The molecule has 1 aromatic carbocycles. The number of benzene rings is 1. The molecule has 140 valence electrons. The molecule has 0 radical (unpaired) electrons. The molecular weight excluding hydrogens is 377 g/mol. The van der Waals surface area contributed by atoms with Crippen LogP contribution < -0.4 is 5.32 Å². The van der Waals surface area contributed by atoms with Gasteiger partial charge in [0, 0.05) is 30.0 Å². The summed E-state index contributed by atoms with van der Waals surface area (Å²) in [7, 11) is -3.20. The third-order valence-corrected chi connectivity index (χ3v) is 7.08. The minimum atomic E-state index is -3.20. The van der Waals surface area contributed by atoms with Gasteiger partial charge in [-0.25, -0.2) is 22.1 Å². The maximum absolute atomic E-state index is 13.3. The molecule has 26 heavy (non-hydrogen) atoms. The number of halogens is 1. The highest BCUT2D eigenvalue weighted by molar-refractivity contribution is 7.89. The average Bonchev–Trinajstić information content (AvgIpc) is 3.10. The van der Waals surface area contributed by atoms with E-state index in [2.05, 4.69) is 10.3 Å². The third-order valence-electron chi connectivity index (χ3n) is 4.44. The Morgan fingerprint density at radius 2 is 2.12 bits per heavy atom. The Balaban J connectivity index is 1.60. The minimum absolute atomic E-state index is 0.0752. The van der Waals surface area contributed by atoms with E-state index in [1.54, 1.807) is 24.4 Å². The highest BCUT2D eigenvalue weighted by atomic mass is 32.2. The lowest BCUT2D eigenvalue weighted by atomic mass is 9.97.